The van der Waals surface area contributed by atoms with E-state index >= 15 is 0 Å². The molecule has 2 aromatic carbocycles. The Morgan fingerprint density at radius 3 is 2.41 bits per heavy atom. The van der Waals surface area contributed by atoms with Crippen molar-refractivity contribution in [3.63, 3.8) is 0 Å². The number of fused-ring (bicyclic) bond motifs is 4. The molecule has 4 bridgehead atoms. The molecule has 0 unspecified atom stereocenters. The lowest BCUT2D eigenvalue weighted by molar-refractivity contribution is 0.0955. The zero-order chi connectivity index (χ0) is 29.5. The number of nitrogens with one attached hydrogen (secondary N) is 1. The van der Waals surface area contributed by atoms with Crippen LogP contribution < -0.4 is 14.4 Å². The second-order valence-electron chi connectivity index (χ2n) is 11.6. The predicted molar refractivity (Wildman–Crippen MR) is 158 cm³/mol. The molecule has 0 saturated heterocycles. The van der Waals surface area contributed by atoms with E-state index in [0.717, 1.165) is 16.7 Å². The number of benzene rings is 2. The zero-order valence-corrected chi connectivity index (χ0v) is 24.9. The normalized spacial score (nSPS) is 17.1. The van der Waals surface area contributed by atoms with Gasteiger partial charge in [0.2, 0.25) is 11.8 Å². The van der Waals surface area contributed by atoms with Gasteiger partial charge >= 0.3 is 0 Å². The van der Waals surface area contributed by atoms with E-state index < -0.39 is 16.1 Å². The lowest BCUT2D eigenvalue weighted by Crippen LogP contribution is -2.46. The van der Waals surface area contributed by atoms with Gasteiger partial charge < -0.3 is 4.74 Å². The molecule has 2 aromatic heterocycles. The third-order valence-electron chi connectivity index (χ3n) is 6.88. The summed E-state index contributed by atoms with van der Waals surface area (Å²) in [5.74, 6) is -0.285. The highest BCUT2D eigenvalue weighted by Gasteiger charge is 2.33. The Morgan fingerprint density at radius 2 is 1.76 bits per heavy atom. The molecule has 0 fully saturated rings. The van der Waals surface area contributed by atoms with Crippen LogP contribution >= 0.6 is 0 Å². The summed E-state index contributed by atoms with van der Waals surface area (Å²) in [6.07, 6.45) is 3.97. The van der Waals surface area contributed by atoms with Gasteiger partial charge in [0.1, 0.15) is 6.61 Å². The number of anilines is 2. The number of aryl methyl sites for hydroxylation is 3. The predicted octanol–water partition coefficient (Wildman–Crippen LogP) is 5.14. The van der Waals surface area contributed by atoms with Crippen LogP contribution in [0.1, 0.15) is 48.7 Å². The quantitative estimate of drug-likeness (QED) is 0.360. The largest absolute Gasteiger partial charge is 0.475 e. The van der Waals surface area contributed by atoms with E-state index in [1.54, 1.807) is 47.2 Å². The molecule has 1 aliphatic rings. The second-order valence-corrected chi connectivity index (χ2v) is 13.3. The monoisotopic (exact) mass is 574 g/mol. The molecular formula is C30H34N6O4S. The van der Waals surface area contributed by atoms with E-state index in [0.29, 0.717) is 17.8 Å². The third kappa shape index (κ3) is 6.09. The Kier molecular flexibility index (Phi) is 7.33. The molecule has 0 radical (unpaired) electrons. The van der Waals surface area contributed by atoms with Crippen molar-refractivity contribution in [2.45, 2.75) is 52.0 Å². The number of ether oxygens (including phenoxy) is 1. The van der Waals surface area contributed by atoms with Crippen LogP contribution in [0, 0.1) is 19.3 Å². The highest BCUT2D eigenvalue weighted by atomic mass is 32.2. The number of sulfonamides is 1. The summed E-state index contributed by atoms with van der Waals surface area (Å²) in [6.45, 7) is 10.3. The highest BCUT2D eigenvalue weighted by Crippen LogP contribution is 2.32. The van der Waals surface area contributed by atoms with Crippen molar-refractivity contribution < 1.29 is 17.9 Å². The van der Waals surface area contributed by atoms with Gasteiger partial charge in [-0.05, 0) is 55.0 Å². The Hall–Kier alpha value is -4.25. The van der Waals surface area contributed by atoms with E-state index in [-0.39, 0.29) is 40.2 Å². The van der Waals surface area contributed by atoms with E-state index in [1.807, 2.05) is 32.0 Å². The molecule has 1 atom stereocenters. The van der Waals surface area contributed by atoms with E-state index in [9.17, 15) is 13.2 Å². The van der Waals surface area contributed by atoms with Crippen molar-refractivity contribution in [1.29, 1.82) is 0 Å². The fourth-order valence-corrected chi connectivity index (χ4v) is 6.13. The summed E-state index contributed by atoms with van der Waals surface area (Å²) >= 11 is 0. The topological polar surface area (TPSA) is 119 Å². The van der Waals surface area contributed by atoms with Gasteiger partial charge in [0.25, 0.3) is 15.9 Å². The van der Waals surface area contributed by atoms with Crippen molar-refractivity contribution in [2.24, 2.45) is 12.5 Å². The summed E-state index contributed by atoms with van der Waals surface area (Å²) < 4.78 is 37.4. The zero-order valence-electron chi connectivity index (χ0n) is 24.0. The Labute approximate surface area is 240 Å². The maximum Gasteiger partial charge on any atom is 0.264 e. The van der Waals surface area contributed by atoms with Crippen LogP contribution in [0.3, 0.4) is 0 Å². The minimum absolute atomic E-state index is 0.0790. The molecule has 3 heterocycles. The first kappa shape index (κ1) is 28.3. The number of rotatable bonds is 3. The lowest BCUT2D eigenvalue weighted by Gasteiger charge is -2.35. The first-order valence-electron chi connectivity index (χ1n) is 13.3. The fourth-order valence-electron chi connectivity index (χ4n) is 5.15. The number of carbonyl (C=O) groups excluding carboxylic acids is 1. The van der Waals surface area contributed by atoms with Crippen LogP contribution in [0.25, 0.3) is 11.3 Å². The maximum atomic E-state index is 14.1. The van der Waals surface area contributed by atoms with Crippen molar-refractivity contribution in [3.8, 4) is 17.1 Å². The number of carbonyl (C=O) groups is 1. The van der Waals surface area contributed by atoms with Crippen molar-refractivity contribution in [2.75, 3.05) is 16.2 Å². The van der Waals surface area contributed by atoms with Gasteiger partial charge in [0, 0.05) is 30.4 Å². The van der Waals surface area contributed by atoms with Gasteiger partial charge in [-0.15, -0.1) is 0 Å². The van der Waals surface area contributed by atoms with Crippen LogP contribution in [-0.4, -0.2) is 46.7 Å². The Morgan fingerprint density at radius 1 is 1.05 bits per heavy atom. The van der Waals surface area contributed by atoms with E-state index in [4.69, 9.17) is 4.74 Å². The molecule has 1 amide bonds. The Bertz CT molecular complexity index is 1700. The molecular weight excluding hydrogens is 540 g/mol. The number of amides is 1. The molecule has 41 heavy (non-hydrogen) atoms. The molecule has 4 aromatic rings. The van der Waals surface area contributed by atoms with Gasteiger partial charge in [-0.1, -0.05) is 45.0 Å². The second kappa shape index (κ2) is 10.6. The molecule has 1 aliphatic heterocycles. The molecule has 0 spiro atoms. The molecule has 1 N–H and O–H groups in total. The minimum Gasteiger partial charge on any atom is -0.475 e. The average molecular weight is 575 g/mol. The van der Waals surface area contributed by atoms with Crippen LogP contribution in [0.5, 0.6) is 5.88 Å². The number of aromatic nitrogens is 4. The molecule has 214 valence electrons. The molecule has 0 saturated carbocycles. The maximum absolute atomic E-state index is 14.1. The summed E-state index contributed by atoms with van der Waals surface area (Å²) in [6, 6.07) is 13.1. The fraction of sp³-hybridized carbons (Fsp3) is 0.333. The first-order valence-corrected chi connectivity index (χ1v) is 14.8. The molecule has 5 rings (SSSR count). The van der Waals surface area contributed by atoms with Crippen LogP contribution in [-0.2, 0) is 17.1 Å². The molecule has 11 heteroatoms. The minimum atomic E-state index is -4.14. The van der Waals surface area contributed by atoms with Gasteiger partial charge in [-0.2, -0.15) is 10.1 Å². The van der Waals surface area contributed by atoms with Crippen LogP contribution in [0.4, 0.5) is 11.6 Å². The van der Waals surface area contributed by atoms with Crippen LogP contribution in [0.15, 0.2) is 65.8 Å². The third-order valence-corrected chi connectivity index (χ3v) is 8.21. The molecule has 0 aliphatic carbocycles. The summed E-state index contributed by atoms with van der Waals surface area (Å²) in [4.78, 5) is 24.7. The van der Waals surface area contributed by atoms with E-state index in [2.05, 4.69) is 40.6 Å². The van der Waals surface area contributed by atoms with Crippen LogP contribution in [0.2, 0.25) is 0 Å². The average Bonchev–Trinajstić information content (AvgIpc) is 3.31. The lowest BCUT2D eigenvalue weighted by atomic mass is 9.87. The van der Waals surface area contributed by atoms with Crippen molar-refractivity contribution >= 4 is 27.6 Å². The number of hydrogen-bond donors (Lipinski definition) is 1. The van der Waals surface area contributed by atoms with Crippen molar-refractivity contribution in [1.82, 2.24) is 19.7 Å². The molecule has 10 nitrogen and oxygen atoms in total. The van der Waals surface area contributed by atoms with Gasteiger partial charge in [0.05, 0.1) is 28.5 Å². The summed E-state index contributed by atoms with van der Waals surface area (Å²) in [5, 5.41) is 4.29. The standard InChI is InChI=1S/C30H34N6O4S/c1-19-9-7-10-20(2)27(19)25-14-26-33-29(32-25)34-41(38,39)24-12-8-11-21(13-24)28(37)36(23-16-31-35(6)17-23)22(18-40-26)15-30(3,4)5/h7-14,16-17,22H,15,18H2,1-6H3,(H,32,33,34)/t22-/m1/s1. The first-order chi connectivity index (χ1) is 19.3. The van der Waals surface area contributed by atoms with Crippen molar-refractivity contribution in [3.05, 3.63) is 77.6 Å². The summed E-state index contributed by atoms with van der Waals surface area (Å²) in [5.41, 5.74) is 3.98. The smallest absolute Gasteiger partial charge is 0.264 e. The van der Waals surface area contributed by atoms with Gasteiger partial charge in [0.15, 0.2) is 0 Å². The highest BCUT2D eigenvalue weighted by molar-refractivity contribution is 7.92. The number of hydrogen-bond acceptors (Lipinski definition) is 7. The summed E-state index contributed by atoms with van der Waals surface area (Å²) in [7, 11) is -2.36. The number of nitrogens with zero attached hydrogens (tertiary/aromatic N) is 5. The van der Waals surface area contributed by atoms with Gasteiger partial charge in [-0.25, -0.2) is 18.1 Å². The SMILES string of the molecule is Cc1cccc(C)c1-c1cc2nc(n1)NS(=O)(=O)c1cccc(c1)C(=O)N(c1cnn(C)c1)[C@H](CC(C)(C)C)CO2. The van der Waals surface area contributed by atoms with E-state index in [1.165, 1.54) is 12.1 Å². The van der Waals surface area contributed by atoms with Gasteiger partial charge in [-0.3, -0.25) is 14.4 Å². The Balaban J connectivity index is 1.72.